The van der Waals surface area contributed by atoms with Crippen LogP contribution in [0.1, 0.15) is 24.9 Å². The summed E-state index contributed by atoms with van der Waals surface area (Å²) in [6, 6.07) is 4.78. The molecule has 5 nitrogen and oxygen atoms in total. The Labute approximate surface area is 181 Å². The van der Waals surface area contributed by atoms with Gasteiger partial charge in [0, 0.05) is 30.7 Å². The van der Waals surface area contributed by atoms with Gasteiger partial charge in [0.1, 0.15) is 11.7 Å². The van der Waals surface area contributed by atoms with Gasteiger partial charge >= 0.3 is 0 Å². The molecule has 0 saturated heterocycles. The fourth-order valence-electron chi connectivity index (χ4n) is 3.03. The van der Waals surface area contributed by atoms with E-state index < -0.39 is 5.82 Å². The van der Waals surface area contributed by atoms with Gasteiger partial charge in [-0.15, -0.1) is 0 Å². The van der Waals surface area contributed by atoms with Gasteiger partial charge in [0.15, 0.2) is 0 Å². The van der Waals surface area contributed by atoms with Crippen LogP contribution in [0.3, 0.4) is 0 Å². The first kappa shape index (κ1) is 23.0. The second kappa shape index (κ2) is 11.1. The van der Waals surface area contributed by atoms with Crippen LogP contribution >= 0.6 is 11.6 Å². The van der Waals surface area contributed by atoms with E-state index in [9.17, 15) is 4.39 Å². The molecular formula is C23H25ClFN5. The molecule has 30 heavy (non-hydrogen) atoms. The third kappa shape index (κ3) is 5.64. The Kier molecular flexibility index (Phi) is 8.50. The van der Waals surface area contributed by atoms with Crippen LogP contribution in [-0.2, 0) is 0 Å². The van der Waals surface area contributed by atoms with E-state index in [1.165, 1.54) is 12.3 Å². The highest BCUT2D eigenvalue weighted by Crippen LogP contribution is 2.32. The van der Waals surface area contributed by atoms with Gasteiger partial charge in [-0.2, -0.15) is 0 Å². The molecule has 0 radical (unpaired) electrons. The molecule has 7 heteroatoms. The lowest BCUT2D eigenvalue weighted by Crippen LogP contribution is -2.24. The van der Waals surface area contributed by atoms with E-state index in [1.54, 1.807) is 31.5 Å². The molecule has 1 aliphatic rings. The van der Waals surface area contributed by atoms with Crippen molar-refractivity contribution in [3.63, 3.8) is 0 Å². The molecule has 0 spiro atoms. The van der Waals surface area contributed by atoms with Crippen molar-refractivity contribution in [1.82, 2.24) is 4.90 Å². The zero-order valence-electron chi connectivity index (χ0n) is 17.1. The molecule has 1 aliphatic heterocycles. The summed E-state index contributed by atoms with van der Waals surface area (Å²) in [5, 5.41) is 0.104. The molecule has 1 aromatic rings. The minimum atomic E-state index is -0.439. The van der Waals surface area contributed by atoms with Crippen molar-refractivity contribution >= 4 is 29.9 Å². The van der Waals surface area contributed by atoms with Gasteiger partial charge in [0.25, 0.3) is 0 Å². The molecule has 2 rings (SSSR count). The Morgan fingerprint density at radius 3 is 2.70 bits per heavy atom. The normalized spacial score (nSPS) is 16.5. The summed E-state index contributed by atoms with van der Waals surface area (Å²) in [5.41, 5.74) is 8.47. The summed E-state index contributed by atoms with van der Waals surface area (Å²) >= 11 is 5.83. The lowest BCUT2D eigenvalue weighted by Gasteiger charge is -2.33. The van der Waals surface area contributed by atoms with Crippen molar-refractivity contribution in [2.75, 3.05) is 7.05 Å². The van der Waals surface area contributed by atoms with E-state index >= 15 is 0 Å². The number of hydrogen-bond donors (Lipinski definition) is 1. The predicted molar refractivity (Wildman–Crippen MR) is 125 cm³/mol. The molecule has 1 heterocycles. The molecule has 2 N–H and O–H groups in total. The Hall–Kier alpha value is -3.25. The molecule has 0 amide bonds. The molecule has 0 bridgehead atoms. The number of nitrogens with zero attached hydrogens (tertiary/aromatic N) is 4. The van der Waals surface area contributed by atoms with Crippen LogP contribution in [0.5, 0.6) is 0 Å². The van der Waals surface area contributed by atoms with Crippen LogP contribution in [0.4, 0.5) is 4.39 Å². The van der Waals surface area contributed by atoms with Crippen LogP contribution in [0.15, 0.2) is 93.9 Å². The molecular weight excluding hydrogens is 401 g/mol. The Morgan fingerprint density at radius 1 is 1.37 bits per heavy atom. The number of halogens is 2. The number of rotatable bonds is 7. The molecule has 0 fully saturated rings. The monoisotopic (exact) mass is 425 g/mol. The van der Waals surface area contributed by atoms with Gasteiger partial charge in [-0.1, -0.05) is 31.2 Å². The average molecular weight is 426 g/mol. The quantitative estimate of drug-likeness (QED) is 0.472. The standard InChI is InChI=1S/C23H25ClFN5/c1-5-22(18-6-7-19(24)20(25)15-18)30-13-10-17(14-16(30)2)21(9-12-27-3)29-23(28-4)8-11-26/h6-15,22H,2-3,5,26H2,1,4H3/b11-8?,12-9-,28-23?,29-21?. The molecule has 0 aromatic heterocycles. The van der Waals surface area contributed by atoms with Crippen molar-refractivity contribution in [2.24, 2.45) is 20.7 Å². The number of hydrogen-bond acceptors (Lipinski definition) is 4. The number of aliphatic imine (C=N–C) groups is 3. The Balaban J connectivity index is 2.38. The van der Waals surface area contributed by atoms with Crippen molar-refractivity contribution in [3.05, 3.63) is 95.4 Å². The SMILES string of the molecule is C=N/C=C\C(=NC(C=CN)=NC)C1=CC(=C)N(C(CC)c2ccc(Cl)c(F)c2)C=C1. The second-order valence-electron chi connectivity index (χ2n) is 6.35. The Morgan fingerprint density at radius 2 is 2.13 bits per heavy atom. The van der Waals surface area contributed by atoms with Crippen LogP contribution in [0.25, 0.3) is 0 Å². The first-order chi connectivity index (χ1) is 14.4. The first-order valence-electron chi connectivity index (χ1n) is 9.33. The third-order valence-electron chi connectivity index (χ3n) is 4.46. The third-order valence-corrected chi connectivity index (χ3v) is 4.77. The zero-order valence-corrected chi connectivity index (χ0v) is 17.9. The lowest BCUT2D eigenvalue weighted by molar-refractivity contribution is 0.343. The maximum absolute atomic E-state index is 14.0. The van der Waals surface area contributed by atoms with E-state index in [0.717, 1.165) is 23.3 Å². The fourth-order valence-corrected chi connectivity index (χ4v) is 3.14. The summed E-state index contributed by atoms with van der Waals surface area (Å²) < 4.78 is 14.0. The predicted octanol–water partition coefficient (Wildman–Crippen LogP) is 5.36. The highest BCUT2D eigenvalue weighted by molar-refractivity contribution is 6.30. The first-order valence-corrected chi connectivity index (χ1v) is 9.71. The van der Waals surface area contributed by atoms with Crippen molar-refractivity contribution in [3.8, 4) is 0 Å². The summed E-state index contributed by atoms with van der Waals surface area (Å²) in [6.45, 7) is 9.67. The number of allylic oxidation sites excluding steroid dienone is 4. The van der Waals surface area contributed by atoms with Crippen molar-refractivity contribution in [1.29, 1.82) is 0 Å². The molecule has 156 valence electrons. The van der Waals surface area contributed by atoms with E-state index in [2.05, 4.69) is 28.3 Å². The van der Waals surface area contributed by atoms with Crippen LogP contribution in [0.2, 0.25) is 5.02 Å². The van der Waals surface area contributed by atoms with Gasteiger partial charge in [0.2, 0.25) is 0 Å². The number of nitrogens with two attached hydrogens (primary N) is 1. The van der Waals surface area contributed by atoms with Gasteiger partial charge in [-0.3, -0.25) is 9.98 Å². The summed E-state index contributed by atoms with van der Waals surface area (Å²) in [7, 11) is 1.63. The minimum Gasteiger partial charge on any atom is -0.404 e. The molecule has 1 atom stereocenters. The van der Waals surface area contributed by atoms with Crippen LogP contribution in [0, 0.1) is 5.82 Å². The highest BCUT2D eigenvalue weighted by atomic mass is 35.5. The summed E-state index contributed by atoms with van der Waals surface area (Å²) in [6.07, 6.45) is 12.7. The maximum atomic E-state index is 14.0. The van der Waals surface area contributed by atoms with E-state index in [1.807, 2.05) is 36.2 Å². The van der Waals surface area contributed by atoms with Crippen molar-refractivity contribution < 1.29 is 4.39 Å². The topological polar surface area (TPSA) is 66.3 Å². The molecule has 1 unspecified atom stereocenters. The highest BCUT2D eigenvalue weighted by Gasteiger charge is 2.21. The summed E-state index contributed by atoms with van der Waals surface area (Å²) in [5.74, 6) is 0.0258. The maximum Gasteiger partial charge on any atom is 0.149 e. The number of benzene rings is 1. The lowest BCUT2D eigenvalue weighted by atomic mass is 9.99. The molecule has 0 aliphatic carbocycles. The van der Waals surface area contributed by atoms with Gasteiger partial charge in [-0.25, -0.2) is 9.38 Å². The molecule has 1 aromatic carbocycles. The van der Waals surface area contributed by atoms with Gasteiger partial charge in [0.05, 0.1) is 16.8 Å². The summed E-state index contributed by atoms with van der Waals surface area (Å²) in [4.78, 5) is 14.4. The van der Waals surface area contributed by atoms with Gasteiger partial charge in [-0.05, 0) is 61.3 Å². The van der Waals surface area contributed by atoms with Gasteiger partial charge < -0.3 is 10.6 Å². The fraction of sp³-hybridized carbons (Fsp3) is 0.174. The largest absolute Gasteiger partial charge is 0.404 e. The Bertz CT molecular complexity index is 985. The average Bonchev–Trinajstić information content (AvgIpc) is 2.74. The van der Waals surface area contributed by atoms with Crippen molar-refractivity contribution in [2.45, 2.75) is 19.4 Å². The van der Waals surface area contributed by atoms with Crippen LogP contribution in [-0.4, -0.2) is 30.2 Å². The van der Waals surface area contributed by atoms with E-state index in [0.29, 0.717) is 11.5 Å². The number of amidine groups is 1. The smallest absolute Gasteiger partial charge is 0.149 e. The zero-order chi connectivity index (χ0) is 22.1. The second-order valence-corrected chi connectivity index (χ2v) is 6.76. The minimum absolute atomic E-state index is 0.0861. The molecule has 0 saturated carbocycles. The van der Waals surface area contributed by atoms with E-state index in [4.69, 9.17) is 17.3 Å². The van der Waals surface area contributed by atoms with Crippen LogP contribution < -0.4 is 5.73 Å². The van der Waals surface area contributed by atoms with E-state index in [-0.39, 0.29) is 11.1 Å².